The van der Waals surface area contributed by atoms with E-state index in [0.717, 1.165) is 16.5 Å². The van der Waals surface area contributed by atoms with Crippen LogP contribution in [0.2, 0.25) is 0 Å². The van der Waals surface area contributed by atoms with Gasteiger partial charge >= 0.3 is 0 Å². The average molecular weight is 352 g/mol. The van der Waals surface area contributed by atoms with Gasteiger partial charge in [-0.2, -0.15) is 0 Å². The van der Waals surface area contributed by atoms with Gasteiger partial charge in [0.25, 0.3) is 5.69 Å². The van der Waals surface area contributed by atoms with Crippen LogP contribution >= 0.6 is 0 Å². The number of carbonyl (C=O) groups is 1. The Morgan fingerprint density at radius 1 is 1.15 bits per heavy atom. The molecule has 0 aliphatic rings. The summed E-state index contributed by atoms with van der Waals surface area (Å²) in [5.41, 5.74) is 3.23. The molecule has 1 amide bonds. The highest BCUT2D eigenvalue weighted by Crippen LogP contribution is 2.29. The minimum absolute atomic E-state index is 0.00371. The monoisotopic (exact) mass is 352 g/mol. The van der Waals surface area contributed by atoms with E-state index in [1.165, 1.54) is 29.8 Å². The van der Waals surface area contributed by atoms with Gasteiger partial charge in [0, 0.05) is 28.8 Å². The molecule has 0 saturated carbocycles. The third kappa shape index (κ3) is 3.74. The highest BCUT2D eigenvalue weighted by molar-refractivity contribution is 5.95. The lowest BCUT2D eigenvalue weighted by Gasteiger charge is -2.18. The van der Waals surface area contributed by atoms with E-state index in [1.54, 1.807) is 6.26 Å². The van der Waals surface area contributed by atoms with Crippen molar-refractivity contribution in [3.63, 3.8) is 0 Å². The number of hydrogen-bond donors (Lipinski definition) is 1. The Kier molecular flexibility index (Phi) is 4.50. The van der Waals surface area contributed by atoms with Crippen molar-refractivity contribution in [2.24, 2.45) is 0 Å². The molecule has 26 heavy (non-hydrogen) atoms. The number of nitrogens with one attached hydrogen (secondary N) is 1. The van der Waals surface area contributed by atoms with Gasteiger partial charge in [0.05, 0.1) is 17.6 Å². The molecular formula is C20H20N2O4. The SMILES string of the molecule is CC(C)(C)c1ccc2occ(CC(=O)Nc3ccc([N+](=O)[O-])cc3)c2c1. The summed E-state index contributed by atoms with van der Waals surface area (Å²) in [4.78, 5) is 22.5. The van der Waals surface area contributed by atoms with Gasteiger partial charge in [0.1, 0.15) is 5.58 Å². The molecule has 134 valence electrons. The van der Waals surface area contributed by atoms with E-state index in [9.17, 15) is 14.9 Å². The van der Waals surface area contributed by atoms with Crippen LogP contribution in [0.15, 0.2) is 53.1 Å². The summed E-state index contributed by atoms with van der Waals surface area (Å²) in [6.45, 7) is 6.40. The van der Waals surface area contributed by atoms with Crippen LogP contribution < -0.4 is 5.32 Å². The molecule has 1 heterocycles. The van der Waals surface area contributed by atoms with Crippen LogP contribution in [0.5, 0.6) is 0 Å². The fourth-order valence-corrected chi connectivity index (χ4v) is 2.73. The zero-order valence-corrected chi connectivity index (χ0v) is 14.9. The number of nitro benzene ring substituents is 1. The maximum atomic E-state index is 12.3. The predicted octanol–water partition coefficient (Wildman–Crippen LogP) is 4.82. The van der Waals surface area contributed by atoms with Gasteiger partial charge in [0.15, 0.2) is 0 Å². The molecule has 0 unspecified atom stereocenters. The Bertz CT molecular complexity index is 966. The fourth-order valence-electron chi connectivity index (χ4n) is 2.73. The number of amides is 1. The molecule has 0 aliphatic heterocycles. The second-order valence-corrected chi connectivity index (χ2v) is 7.25. The number of nitro groups is 1. The first-order chi connectivity index (χ1) is 12.2. The molecule has 6 heteroatoms. The van der Waals surface area contributed by atoms with Crippen molar-refractivity contribution >= 4 is 28.3 Å². The Morgan fingerprint density at radius 3 is 2.46 bits per heavy atom. The first-order valence-corrected chi connectivity index (χ1v) is 8.29. The van der Waals surface area contributed by atoms with Gasteiger partial charge in [-0.15, -0.1) is 0 Å². The summed E-state index contributed by atoms with van der Waals surface area (Å²) >= 11 is 0. The van der Waals surface area contributed by atoms with Crippen molar-refractivity contribution in [1.82, 2.24) is 0 Å². The summed E-state index contributed by atoms with van der Waals surface area (Å²) in [6, 6.07) is 11.8. The number of hydrogen-bond acceptors (Lipinski definition) is 4. The fraction of sp³-hybridized carbons (Fsp3) is 0.250. The molecular weight excluding hydrogens is 332 g/mol. The standard InChI is InChI=1S/C20H20N2O4/c1-20(2,3)14-4-9-18-17(11-14)13(12-26-18)10-19(23)21-15-5-7-16(8-6-15)22(24)25/h4-9,11-12H,10H2,1-3H3,(H,21,23). The topological polar surface area (TPSA) is 85.4 Å². The van der Waals surface area contributed by atoms with Gasteiger partial charge < -0.3 is 9.73 Å². The van der Waals surface area contributed by atoms with Crippen LogP contribution in [-0.4, -0.2) is 10.8 Å². The van der Waals surface area contributed by atoms with Crippen LogP contribution in [0.4, 0.5) is 11.4 Å². The molecule has 3 rings (SSSR count). The van der Waals surface area contributed by atoms with Crippen molar-refractivity contribution in [3.8, 4) is 0 Å². The summed E-state index contributed by atoms with van der Waals surface area (Å²) in [5.74, 6) is -0.206. The van der Waals surface area contributed by atoms with Crippen LogP contribution in [0.1, 0.15) is 31.9 Å². The van der Waals surface area contributed by atoms with Crippen LogP contribution in [0.3, 0.4) is 0 Å². The lowest BCUT2D eigenvalue weighted by molar-refractivity contribution is -0.384. The smallest absolute Gasteiger partial charge is 0.269 e. The quantitative estimate of drug-likeness (QED) is 0.539. The van der Waals surface area contributed by atoms with Crippen molar-refractivity contribution in [3.05, 3.63) is 70.0 Å². The maximum Gasteiger partial charge on any atom is 0.269 e. The van der Waals surface area contributed by atoms with E-state index in [2.05, 4.69) is 32.2 Å². The average Bonchev–Trinajstić information content (AvgIpc) is 2.96. The molecule has 0 spiro atoms. The molecule has 0 aliphatic carbocycles. The van der Waals surface area contributed by atoms with E-state index < -0.39 is 4.92 Å². The number of rotatable bonds is 4. The van der Waals surface area contributed by atoms with E-state index >= 15 is 0 Å². The highest BCUT2D eigenvalue weighted by atomic mass is 16.6. The number of furan rings is 1. The van der Waals surface area contributed by atoms with Crippen molar-refractivity contribution < 1.29 is 14.1 Å². The predicted molar refractivity (Wildman–Crippen MR) is 100 cm³/mol. The molecule has 1 N–H and O–H groups in total. The van der Waals surface area contributed by atoms with Gasteiger partial charge in [-0.25, -0.2) is 0 Å². The number of non-ortho nitro benzene ring substituents is 1. The summed E-state index contributed by atoms with van der Waals surface area (Å²) in [5, 5.41) is 14.4. The second-order valence-electron chi connectivity index (χ2n) is 7.25. The lowest BCUT2D eigenvalue weighted by atomic mass is 9.86. The summed E-state index contributed by atoms with van der Waals surface area (Å²) < 4.78 is 5.55. The first kappa shape index (κ1) is 17.7. The zero-order valence-electron chi connectivity index (χ0n) is 14.9. The van der Waals surface area contributed by atoms with Gasteiger partial charge in [-0.3, -0.25) is 14.9 Å². The molecule has 6 nitrogen and oxygen atoms in total. The minimum Gasteiger partial charge on any atom is -0.464 e. The molecule has 1 aromatic heterocycles. The molecule has 3 aromatic rings. The normalized spacial score (nSPS) is 11.5. The van der Waals surface area contributed by atoms with Crippen LogP contribution in [0.25, 0.3) is 11.0 Å². The Balaban J connectivity index is 1.77. The van der Waals surface area contributed by atoms with E-state index in [1.807, 2.05) is 12.1 Å². The first-order valence-electron chi connectivity index (χ1n) is 8.29. The largest absolute Gasteiger partial charge is 0.464 e. The van der Waals surface area contributed by atoms with Crippen LogP contribution in [-0.2, 0) is 16.6 Å². The number of fused-ring (bicyclic) bond motifs is 1. The van der Waals surface area contributed by atoms with E-state index in [-0.39, 0.29) is 23.4 Å². The van der Waals surface area contributed by atoms with E-state index in [0.29, 0.717) is 5.69 Å². The number of anilines is 1. The summed E-state index contributed by atoms with van der Waals surface area (Å²) in [7, 11) is 0. The third-order valence-corrected chi connectivity index (χ3v) is 4.23. The van der Waals surface area contributed by atoms with Gasteiger partial charge in [0.2, 0.25) is 5.91 Å². The molecule has 0 radical (unpaired) electrons. The van der Waals surface area contributed by atoms with Gasteiger partial charge in [-0.1, -0.05) is 26.8 Å². The Labute approximate surface area is 151 Å². The number of carbonyl (C=O) groups excluding carboxylic acids is 1. The molecule has 2 aromatic carbocycles. The Morgan fingerprint density at radius 2 is 1.85 bits per heavy atom. The number of benzene rings is 2. The zero-order chi connectivity index (χ0) is 18.9. The van der Waals surface area contributed by atoms with Crippen molar-refractivity contribution in [2.45, 2.75) is 32.6 Å². The third-order valence-electron chi connectivity index (χ3n) is 4.23. The maximum absolute atomic E-state index is 12.3. The minimum atomic E-state index is -0.476. The molecule has 0 atom stereocenters. The van der Waals surface area contributed by atoms with Crippen LogP contribution in [0, 0.1) is 10.1 Å². The summed E-state index contributed by atoms with van der Waals surface area (Å²) in [6.07, 6.45) is 1.77. The van der Waals surface area contributed by atoms with E-state index in [4.69, 9.17) is 4.42 Å². The lowest BCUT2D eigenvalue weighted by Crippen LogP contribution is -2.14. The molecule has 0 fully saturated rings. The second kappa shape index (κ2) is 6.63. The Hall–Kier alpha value is -3.15. The molecule has 0 saturated heterocycles. The van der Waals surface area contributed by atoms with Crippen molar-refractivity contribution in [2.75, 3.05) is 5.32 Å². The number of nitrogens with zero attached hydrogens (tertiary/aromatic N) is 1. The highest BCUT2D eigenvalue weighted by Gasteiger charge is 2.17. The molecule has 0 bridgehead atoms. The van der Waals surface area contributed by atoms with Gasteiger partial charge in [-0.05, 0) is 35.2 Å². The van der Waals surface area contributed by atoms with Crippen molar-refractivity contribution in [1.29, 1.82) is 0 Å².